The second-order valence-electron chi connectivity index (χ2n) is 9.19. The van der Waals surface area contributed by atoms with Gasteiger partial charge >= 0.3 is 0 Å². The first-order valence-corrected chi connectivity index (χ1v) is 13.6. The first kappa shape index (κ1) is 24.3. The number of aromatic nitrogens is 4. The summed E-state index contributed by atoms with van der Waals surface area (Å²) in [7, 11) is 0. The van der Waals surface area contributed by atoms with Crippen molar-refractivity contribution in [3.8, 4) is 22.6 Å². The molecule has 2 aromatic carbocycles. The van der Waals surface area contributed by atoms with Crippen LogP contribution in [0.3, 0.4) is 0 Å². The zero-order valence-electron chi connectivity index (χ0n) is 20.4. The Bertz CT molecular complexity index is 1340. The summed E-state index contributed by atoms with van der Waals surface area (Å²) in [6.07, 6.45) is 8.91. The van der Waals surface area contributed by atoms with Gasteiger partial charge < -0.3 is 5.32 Å². The predicted octanol–water partition coefficient (Wildman–Crippen LogP) is 6.28. The van der Waals surface area contributed by atoms with E-state index >= 15 is 0 Å². The molecule has 1 fully saturated rings. The topological polar surface area (TPSA) is 72.7 Å². The monoisotopic (exact) mass is 497 g/mol. The number of nitrogens with one attached hydrogen (secondary N) is 1. The van der Waals surface area contributed by atoms with Gasteiger partial charge in [-0.3, -0.25) is 9.36 Å². The molecule has 1 amide bonds. The molecule has 4 aromatic rings. The highest BCUT2D eigenvalue weighted by Crippen LogP contribution is 2.33. The summed E-state index contributed by atoms with van der Waals surface area (Å²) in [6, 6.07) is 20.6. The molecule has 2 aromatic heterocycles. The maximum Gasteiger partial charge on any atom is 0.230 e. The number of thioether (sulfide) groups is 1. The lowest BCUT2D eigenvalue weighted by atomic mass is 10.0. The van der Waals surface area contributed by atoms with Crippen LogP contribution in [0.5, 0.6) is 0 Å². The van der Waals surface area contributed by atoms with E-state index in [2.05, 4.69) is 46.4 Å². The molecule has 1 aliphatic rings. The highest BCUT2D eigenvalue weighted by molar-refractivity contribution is 7.99. The Morgan fingerprint density at radius 1 is 1.03 bits per heavy atom. The van der Waals surface area contributed by atoms with Crippen LogP contribution in [-0.2, 0) is 11.3 Å². The number of benzene rings is 2. The van der Waals surface area contributed by atoms with Crippen LogP contribution in [0.4, 0.5) is 0 Å². The molecule has 0 bridgehead atoms. The minimum atomic E-state index is 0.0577. The number of nitrogens with zero attached hydrogens (tertiary/aromatic N) is 4. The summed E-state index contributed by atoms with van der Waals surface area (Å²) >= 11 is 1.42. The van der Waals surface area contributed by atoms with E-state index in [4.69, 9.17) is 4.98 Å². The van der Waals surface area contributed by atoms with E-state index in [1.165, 1.54) is 37.4 Å². The van der Waals surface area contributed by atoms with E-state index in [1.807, 2.05) is 47.0 Å². The molecule has 36 heavy (non-hydrogen) atoms. The number of rotatable bonds is 8. The van der Waals surface area contributed by atoms with Crippen molar-refractivity contribution in [3.63, 3.8) is 0 Å². The Morgan fingerprint density at radius 3 is 2.56 bits per heavy atom. The number of fused-ring (bicyclic) bond motifs is 1. The van der Waals surface area contributed by atoms with E-state index in [1.54, 1.807) is 0 Å². The average Bonchev–Trinajstić information content (AvgIpc) is 3.12. The van der Waals surface area contributed by atoms with Crippen LogP contribution in [0, 0.1) is 0 Å². The highest BCUT2D eigenvalue weighted by Gasteiger charge is 2.20. The summed E-state index contributed by atoms with van der Waals surface area (Å²) in [6.45, 7) is 4.49. The van der Waals surface area contributed by atoms with Crippen molar-refractivity contribution < 1.29 is 4.79 Å². The quantitative estimate of drug-likeness (QED) is 0.176. The number of amides is 1. The van der Waals surface area contributed by atoms with Crippen molar-refractivity contribution in [2.24, 2.45) is 0 Å². The molecule has 0 radical (unpaired) electrons. The molecule has 7 heteroatoms. The minimum Gasteiger partial charge on any atom is -0.353 e. The second-order valence-corrected chi connectivity index (χ2v) is 10.1. The number of pyridine rings is 1. The zero-order chi connectivity index (χ0) is 24.7. The van der Waals surface area contributed by atoms with Crippen LogP contribution in [0.25, 0.3) is 33.5 Å². The first-order chi connectivity index (χ1) is 17.7. The molecule has 0 spiro atoms. The van der Waals surface area contributed by atoms with Crippen molar-refractivity contribution in [2.75, 3.05) is 5.75 Å². The third-order valence-corrected chi connectivity index (χ3v) is 7.57. The molecule has 0 atom stereocenters. The molecule has 1 saturated carbocycles. The van der Waals surface area contributed by atoms with Gasteiger partial charge in [-0.25, -0.2) is 4.98 Å². The fourth-order valence-corrected chi connectivity index (χ4v) is 5.59. The lowest BCUT2D eigenvalue weighted by molar-refractivity contribution is -0.119. The molecule has 0 saturated heterocycles. The van der Waals surface area contributed by atoms with E-state index < -0.39 is 0 Å². The van der Waals surface area contributed by atoms with Gasteiger partial charge in [-0.1, -0.05) is 92.1 Å². The zero-order valence-corrected chi connectivity index (χ0v) is 21.2. The second kappa shape index (κ2) is 11.5. The predicted molar refractivity (Wildman–Crippen MR) is 147 cm³/mol. The summed E-state index contributed by atoms with van der Waals surface area (Å²) < 4.78 is 2.03. The van der Waals surface area contributed by atoms with Gasteiger partial charge in [0.1, 0.15) is 0 Å². The van der Waals surface area contributed by atoms with Gasteiger partial charge in [0.25, 0.3) is 0 Å². The van der Waals surface area contributed by atoms with E-state index in [0.717, 1.165) is 46.4 Å². The van der Waals surface area contributed by atoms with Gasteiger partial charge in [0.15, 0.2) is 11.0 Å². The Hall–Kier alpha value is -3.45. The van der Waals surface area contributed by atoms with Gasteiger partial charge in [-0.2, -0.15) is 0 Å². The number of hydrogen-bond acceptors (Lipinski definition) is 5. The molecular weight excluding hydrogens is 466 g/mol. The highest BCUT2D eigenvalue weighted by atomic mass is 32.2. The van der Waals surface area contributed by atoms with Crippen LogP contribution < -0.4 is 5.32 Å². The molecular formula is C29H31N5OS. The molecule has 0 unspecified atom stereocenters. The third kappa shape index (κ3) is 5.51. The maximum atomic E-state index is 12.7. The molecule has 184 valence electrons. The van der Waals surface area contributed by atoms with Crippen LogP contribution >= 0.6 is 11.8 Å². The van der Waals surface area contributed by atoms with E-state index in [0.29, 0.717) is 23.5 Å². The van der Waals surface area contributed by atoms with E-state index in [-0.39, 0.29) is 5.91 Å². The smallest absolute Gasteiger partial charge is 0.230 e. The van der Waals surface area contributed by atoms with Crippen molar-refractivity contribution >= 4 is 28.6 Å². The number of carbonyl (C=O) groups excluding carboxylic acids is 1. The maximum absolute atomic E-state index is 12.7. The lowest BCUT2D eigenvalue weighted by Crippen LogP contribution is -2.35. The summed E-state index contributed by atoms with van der Waals surface area (Å²) in [5.74, 6) is 1.12. The van der Waals surface area contributed by atoms with Gasteiger partial charge in [0.2, 0.25) is 5.91 Å². The van der Waals surface area contributed by atoms with Crippen molar-refractivity contribution in [1.82, 2.24) is 25.1 Å². The van der Waals surface area contributed by atoms with Crippen LogP contribution in [0.2, 0.25) is 0 Å². The van der Waals surface area contributed by atoms with Crippen LogP contribution in [0.1, 0.15) is 38.5 Å². The molecule has 6 nitrogen and oxygen atoms in total. The largest absolute Gasteiger partial charge is 0.353 e. The number of carbonyl (C=O) groups is 1. The van der Waals surface area contributed by atoms with E-state index in [9.17, 15) is 4.79 Å². The fourth-order valence-electron chi connectivity index (χ4n) is 4.83. The van der Waals surface area contributed by atoms with Gasteiger partial charge in [-0.15, -0.1) is 16.8 Å². The van der Waals surface area contributed by atoms with Crippen molar-refractivity contribution in [2.45, 2.75) is 56.3 Å². The van der Waals surface area contributed by atoms with Gasteiger partial charge in [0.05, 0.1) is 17.0 Å². The third-order valence-electron chi connectivity index (χ3n) is 6.61. The molecule has 1 aliphatic carbocycles. The lowest BCUT2D eigenvalue weighted by Gasteiger charge is -2.16. The Balaban J connectivity index is 1.44. The number of hydrogen-bond donors (Lipinski definition) is 1. The standard InChI is InChI=1S/C29H31N5OS/c1-2-18-34-28(32-33-29(34)36-20-27(35)30-22-14-8-3-4-9-15-22)24-19-26(21-12-6-5-7-13-21)31-25-17-11-10-16-23(24)25/h2,5-7,10-13,16-17,19,22H,1,3-4,8-9,14-15,18,20H2,(H,30,35). The van der Waals surface area contributed by atoms with Gasteiger partial charge in [0, 0.05) is 29.1 Å². The number of para-hydroxylation sites is 1. The Morgan fingerprint density at radius 2 is 1.78 bits per heavy atom. The molecule has 1 N–H and O–H groups in total. The van der Waals surface area contributed by atoms with Gasteiger partial charge in [-0.05, 0) is 25.0 Å². The van der Waals surface area contributed by atoms with Crippen molar-refractivity contribution in [1.29, 1.82) is 0 Å². The summed E-state index contributed by atoms with van der Waals surface area (Å²) in [5, 5.41) is 14.0. The molecule has 5 rings (SSSR count). The van der Waals surface area contributed by atoms with Crippen LogP contribution in [-0.4, -0.2) is 37.5 Å². The SMILES string of the molecule is C=CCn1c(SCC(=O)NC2CCCCCC2)nnc1-c1cc(-c2ccccc2)nc2ccccc12. The minimum absolute atomic E-state index is 0.0577. The molecule has 0 aliphatic heterocycles. The van der Waals surface area contributed by atoms with Crippen molar-refractivity contribution in [3.05, 3.63) is 73.3 Å². The van der Waals surface area contributed by atoms with Crippen LogP contribution in [0.15, 0.2) is 78.5 Å². The Kier molecular flexibility index (Phi) is 7.76. The summed E-state index contributed by atoms with van der Waals surface area (Å²) in [5.41, 5.74) is 3.79. The fraction of sp³-hybridized carbons (Fsp3) is 0.310. The number of allylic oxidation sites excluding steroid dienone is 1. The summed E-state index contributed by atoms with van der Waals surface area (Å²) in [4.78, 5) is 17.6. The first-order valence-electron chi connectivity index (χ1n) is 12.6. The Labute approximate surface area is 216 Å². The normalized spacial score (nSPS) is 14.4. The average molecular weight is 498 g/mol. The molecule has 2 heterocycles.